The molecular formula is C31H32N4O5. The molecule has 1 unspecified atom stereocenters. The Bertz CT molecular complexity index is 1740. The van der Waals surface area contributed by atoms with Gasteiger partial charge in [0.1, 0.15) is 5.60 Å². The van der Waals surface area contributed by atoms with Crippen molar-refractivity contribution in [3.8, 4) is 0 Å². The number of carbonyl (C=O) groups is 3. The number of ether oxygens (including phenoxy) is 1. The summed E-state index contributed by atoms with van der Waals surface area (Å²) in [6, 6.07) is 15.5. The molecule has 6 rings (SSSR count). The van der Waals surface area contributed by atoms with E-state index in [2.05, 4.69) is 9.88 Å². The Balaban J connectivity index is 1.49. The molecular weight excluding hydrogens is 508 g/mol. The topological polar surface area (TPSA) is 106 Å². The van der Waals surface area contributed by atoms with Crippen molar-refractivity contribution in [3.63, 3.8) is 0 Å². The number of carbonyl (C=O) groups excluding carboxylic acids is 3. The second kappa shape index (κ2) is 9.38. The summed E-state index contributed by atoms with van der Waals surface area (Å²) < 4.78 is 9.52. The van der Waals surface area contributed by atoms with E-state index < -0.39 is 23.5 Å². The number of hydrogen-bond donors (Lipinski definition) is 2. The zero-order chi connectivity index (χ0) is 28.3. The van der Waals surface area contributed by atoms with E-state index in [9.17, 15) is 19.6 Å². The van der Waals surface area contributed by atoms with E-state index in [4.69, 9.17) is 4.74 Å². The van der Waals surface area contributed by atoms with Gasteiger partial charge in [0.2, 0.25) is 0 Å². The molecule has 0 spiro atoms. The van der Waals surface area contributed by atoms with Gasteiger partial charge in [-0.25, -0.2) is 4.79 Å². The number of nitrogens with one attached hydrogen (secondary N) is 1. The van der Waals surface area contributed by atoms with E-state index in [-0.39, 0.29) is 22.1 Å². The van der Waals surface area contributed by atoms with Crippen molar-refractivity contribution < 1.29 is 24.3 Å². The van der Waals surface area contributed by atoms with Gasteiger partial charge in [-0.2, -0.15) is 0 Å². The summed E-state index contributed by atoms with van der Waals surface area (Å²) in [5.41, 5.74) is 3.86. The van der Waals surface area contributed by atoms with Crippen LogP contribution < -0.4 is 5.32 Å². The predicted octanol–water partition coefficient (Wildman–Crippen LogP) is 4.89. The Morgan fingerprint density at radius 1 is 1.00 bits per heavy atom. The molecule has 2 aromatic heterocycles. The normalized spacial score (nSPS) is 17.7. The molecule has 9 heteroatoms. The van der Waals surface area contributed by atoms with Crippen LogP contribution in [0.15, 0.2) is 54.7 Å². The molecule has 2 aliphatic heterocycles. The molecule has 0 saturated heterocycles. The highest BCUT2D eigenvalue weighted by atomic mass is 16.6. The molecule has 2 aliphatic rings. The lowest BCUT2D eigenvalue weighted by Crippen LogP contribution is -2.37. The first-order valence-corrected chi connectivity index (χ1v) is 13.5. The van der Waals surface area contributed by atoms with Crippen molar-refractivity contribution >= 4 is 50.9 Å². The smallest absolute Gasteiger partial charge is 0.407 e. The highest BCUT2D eigenvalue weighted by Gasteiger charge is 2.43. The van der Waals surface area contributed by atoms with Gasteiger partial charge in [0.25, 0.3) is 11.8 Å². The minimum Gasteiger partial charge on any atom is -0.444 e. The van der Waals surface area contributed by atoms with E-state index in [1.54, 1.807) is 0 Å². The van der Waals surface area contributed by atoms with Crippen molar-refractivity contribution in [1.82, 2.24) is 19.5 Å². The van der Waals surface area contributed by atoms with Crippen molar-refractivity contribution in [1.29, 1.82) is 0 Å². The Labute approximate surface area is 231 Å². The maximum Gasteiger partial charge on any atom is 0.407 e. The van der Waals surface area contributed by atoms with Crippen LogP contribution in [0, 0.1) is 5.92 Å². The quantitative estimate of drug-likeness (QED) is 0.283. The highest BCUT2D eigenvalue weighted by molar-refractivity contribution is 6.50. The fraction of sp³-hybridized carbons (Fsp3) is 0.323. The third-order valence-corrected chi connectivity index (χ3v) is 7.73. The fourth-order valence-corrected chi connectivity index (χ4v) is 6.05. The minimum atomic E-state index is -0.737. The SMILES string of the molecule is Cn1cc(C2=C(c3c4n(c5ccccc35)CCC(CNC(=O)OC(C)(C)C)C4)C(=O)N(O)C2=O)c2ccccc21. The summed E-state index contributed by atoms with van der Waals surface area (Å²) in [5, 5.41) is 15.4. The molecule has 4 heterocycles. The van der Waals surface area contributed by atoms with Crippen LogP contribution in [0.25, 0.3) is 33.0 Å². The maximum absolute atomic E-state index is 13.6. The summed E-state index contributed by atoms with van der Waals surface area (Å²) in [7, 11) is 1.89. The first-order chi connectivity index (χ1) is 19.0. The Kier molecular flexibility index (Phi) is 6.07. The van der Waals surface area contributed by atoms with E-state index in [0.717, 1.165) is 33.9 Å². The molecule has 4 aromatic rings. The van der Waals surface area contributed by atoms with Gasteiger partial charge in [-0.05, 0) is 51.7 Å². The van der Waals surface area contributed by atoms with Crippen molar-refractivity contribution in [2.45, 2.75) is 45.8 Å². The van der Waals surface area contributed by atoms with E-state index in [1.807, 2.05) is 87.1 Å². The van der Waals surface area contributed by atoms with Crippen molar-refractivity contribution in [3.05, 3.63) is 71.5 Å². The van der Waals surface area contributed by atoms with Gasteiger partial charge in [-0.3, -0.25) is 14.8 Å². The molecule has 0 fully saturated rings. The van der Waals surface area contributed by atoms with Crippen LogP contribution in [0.4, 0.5) is 4.79 Å². The number of hydrogen-bond acceptors (Lipinski definition) is 5. The molecule has 3 amide bonds. The average molecular weight is 541 g/mol. The van der Waals surface area contributed by atoms with Crippen molar-refractivity contribution in [2.75, 3.05) is 6.54 Å². The molecule has 2 N–H and O–H groups in total. The lowest BCUT2D eigenvalue weighted by Gasteiger charge is -2.27. The van der Waals surface area contributed by atoms with E-state index >= 15 is 0 Å². The molecule has 0 saturated carbocycles. The second-order valence-electron chi connectivity index (χ2n) is 11.6. The summed E-state index contributed by atoms with van der Waals surface area (Å²) in [6.07, 6.45) is 2.78. The number of benzene rings is 2. The summed E-state index contributed by atoms with van der Waals surface area (Å²) in [4.78, 5) is 39.4. The summed E-state index contributed by atoms with van der Waals surface area (Å²) in [6.45, 7) is 6.58. The molecule has 9 nitrogen and oxygen atoms in total. The lowest BCUT2D eigenvalue weighted by molar-refractivity contribution is -0.168. The van der Waals surface area contributed by atoms with Crippen LogP contribution in [0.1, 0.15) is 44.0 Å². The first-order valence-electron chi connectivity index (χ1n) is 13.5. The molecule has 206 valence electrons. The van der Waals surface area contributed by atoms with E-state index in [1.165, 1.54) is 0 Å². The number of rotatable bonds is 4. The van der Waals surface area contributed by atoms with E-state index in [0.29, 0.717) is 30.6 Å². The fourth-order valence-electron chi connectivity index (χ4n) is 6.05. The molecule has 40 heavy (non-hydrogen) atoms. The second-order valence-corrected chi connectivity index (χ2v) is 11.6. The lowest BCUT2D eigenvalue weighted by atomic mass is 9.89. The summed E-state index contributed by atoms with van der Waals surface area (Å²) in [5.74, 6) is -1.37. The van der Waals surface area contributed by atoms with Crippen LogP contribution in [0.5, 0.6) is 0 Å². The molecule has 0 aliphatic carbocycles. The third kappa shape index (κ3) is 4.17. The zero-order valence-corrected chi connectivity index (χ0v) is 23.0. The number of aromatic nitrogens is 2. The average Bonchev–Trinajstić information content (AvgIpc) is 3.49. The van der Waals surface area contributed by atoms with Gasteiger partial charge in [-0.15, -0.1) is 5.06 Å². The highest BCUT2D eigenvalue weighted by Crippen LogP contribution is 2.44. The van der Waals surface area contributed by atoms with Crippen LogP contribution >= 0.6 is 0 Å². The Morgan fingerprint density at radius 3 is 2.38 bits per heavy atom. The number of alkyl carbamates (subject to hydrolysis) is 1. The number of para-hydroxylation sites is 2. The number of fused-ring (bicyclic) bond motifs is 4. The monoisotopic (exact) mass is 540 g/mol. The largest absolute Gasteiger partial charge is 0.444 e. The number of nitrogens with zero attached hydrogens (tertiary/aromatic N) is 3. The van der Waals surface area contributed by atoms with Gasteiger partial charge in [0, 0.05) is 65.0 Å². The van der Waals surface area contributed by atoms with Gasteiger partial charge in [0.15, 0.2) is 0 Å². The van der Waals surface area contributed by atoms with Gasteiger partial charge < -0.3 is 19.2 Å². The maximum atomic E-state index is 13.6. The van der Waals surface area contributed by atoms with Crippen LogP contribution in [-0.2, 0) is 34.3 Å². The molecule has 2 aromatic carbocycles. The molecule has 0 radical (unpaired) electrons. The Morgan fingerprint density at radius 2 is 1.65 bits per heavy atom. The third-order valence-electron chi connectivity index (χ3n) is 7.73. The standard InChI is InChI=1S/C31H32N4O5/c1-31(2,3)40-30(38)32-16-18-13-14-34-23-12-8-6-10-20(23)25(24(34)15-18)27-26(28(36)35(39)29(27)37)21-17-33(4)22-11-7-5-9-19(21)22/h5-12,17-18,39H,13-16H2,1-4H3,(H,32,38). The number of amides is 3. The van der Waals surface area contributed by atoms with Gasteiger partial charge >= 0.3 is 6.09 Å². The number of imide groups is 1. The van der Waals surface area contributed by atoms with Gasteiger partial charge in [0.05, 0.1) is 11.1 Å². The van der Waals surface area contributed by atoms with Crippen LogP contribution in [0.2, 0.25) is 0 Å². The number of hydroxylamine groups is 2. The van der Waals surface area contributed by atoms with Crippen LogP contribution in [0.3, 0.4) is 0 Å². The van der Waals surface area contributed by atoms with Gasteiger partial charge in [-0.1, -0.05) is 36.4 Å². The summed E-state index contributed by atoms with van der Waals surface area (Å²) >= 11 is 0. The zero-order valence-electron chi connectivity index (χ0n) is 23.0. The Hall–Kier alpha value is -4.37. The first kappa shape index (κ1) is 25.9. The predicted molar refractivity (Wildman–Crippen MR) is 151 cm³/mol. The molecule has 0 bridgehead atoms. The van der Waals surface area contributed by atoms with Crippen molar-refractivity contribution in [2.24, 2.45) is 13.0 Å². The van der Waals surface area contributed by atoms with Crippen LogP contribution in [-0.4, -0.2) is 49.5 Å². The molecule has 1 atom stereocenters. The number of aryl methyl sites for hydroxylation is 2. The minimum absolute atomic E-state index is 0.0992.